The van der Waals surface area contributed by atoms with E-state index in [1.807, 2.05) is 0 Å². The number of aromatic nitrogens is 3. The molecule has 0 saturated heterocycles. The molecule has 0 N–H and O–H groups in total. The summed E-state index contributed by atoms with van der Waals surface area (Å²) < 4.78 is 2.90. The van der Waals surface area contributed by atoms with Crippen molar-refractivity contribution in [3.63, 3.8) is 0 Å². The fourth-order valence-electron chi connectivity index (χ4n) is 7.10. The number of hydrogen-bond acceptors (Lipinski definition) is 3. The summed E-state index contributed by atoms with van der Waals surface area (Å²) in [6.07, 6.45) is 0. The Morgan fingerprint density at radius 2 is 0.837 bits per heavy atom. The van der Waals surface area contributed by atoms with Crippen molar-refractivity contribution in [3.8, 4) is 45.3 Å². The monoisotopic (exact) mass is 689 g/mol. The third-order valence-electron chi connectivity index (χ3n) is 9.51. The number of rotatable bonds is 4. The van der Waals surface area contributed by atoms with Crippen molar-refractivity contribution in [2.45, 2.75) is 0 Å². The van der Waals surface area contributed by atoms with Crippen LogP contribution in [0.5, 0.6) is 0 Å². The summed E-state index contributed by atoms with van der Waals surface area (Å²) in [5.41, 5.74) is 5.47. The molecule has 0 radical (unpaired) electrons. The predicted molar refractivity (Wildman–Crippen MR) is 206 cm³/mol. The molecule has 49 heavy (non-hydrogen) atoms. The van der Waals surface area contributed by atoms with Gasteiger partial charge in [-0.2, -0.15) is 0 Å². The molecule has 8 aromatic carbocycles. The second-order valence-corrected chi connectivity index (χ2v) is 14.6. The second kappa shape index (κ2) is 11.3. The van der Waals surface area contributed by atoms with Crippen molar-refractivity contribution in [2.24, 2.45) is 0 Å². The van der Waals surface area contributed by atoms with Crippen LogP contribution in [0.25, 0.3) is 96.9 Å². The fraction of sp³-hybridized carbons (Fsp3) is 0. The van der Waals surface area contributed by atoms with Gasteiger partial charge in [0.2, 0.25) is 0 Å². The maximum atomic E-state index is 5.19. The van der Waals surface area contributed by atoms with Crippen molar-refractivity contribution in [3.05, 3.63) is 164 Å². The zero-order valence-electron chi connectivity index (χ0n) is 26.3. The normalized spacial score (nSPS) is 11.7. The summed E-state index contributed by atoms with van der Waals surface area (Å²) in [4.78, 5) is 15.5. The smallest absolute Gasteiger partial charge is 0.0544 e. The molecule has 0 amide bonds. The molecule has 0 aliphatic rings. The molecule has 0 aliphatic carbocycles. The van der Waals surface area contributed by atoms with Crippen molar-refractivity contribution in [1.29, 1.82) is 0 Å². The van der Waals surface area contributed by atoms with Gasteiger partial charge in [-0.15, -0.1) is 0 Å². The van der Waals surface area contributed by atoms with Crippen molar-refractivity contribution in [2.75, 3.05) is 0 Å². The summed E-state index contributed by atoms with van der Waals surface area (Å²) in [6, 6.07) is 58.4. The summed E-state index contributed by atoms with van der Waals surface area (Å²) in [5.74, 6) is 1.99. The van der Waals surface area contributed by atoms with Gasteiger partial charge in [0.1, 0.15) is 0 Å². The van der Waals surface area contributed by atoms with Crippen LogP contribution in [0.2, 0.25) is 0 Å². The van der Waals surface area contributed by atoms with Crippen LogP contribution in [0.4, 0.5) is 0 Å². The molecule has 0 fully saturated rings. The first-order valence-electron chi connectivity index (χ1n) is 16.4. The molecule has 0 aliphatic heterocycles. The first-order chi connectivity index (χ1) is 24.3. The molecule has 2 aromatic heterocycles. The van der Waals surface area contributed by atoms with Gasteiger partial charge >= 0.3 is 231 Å². The van der Waals surface area contributed by atoms with E-state index in [1.54, 1.807) is 0 Å². The topological polar surface area (TPSA) is 38.7 Å². The van der Waals surface area contributed by atoms with Crippen LogP contribution in [0.15, 0.2) is 164 Å². The number of benzene rings is 8. The van der Waals surface area contributed by atoms with Crippen LogP contribution in [0, 0.1) is 0 Å². The van der Waals surface area contributed by atoms with E-state index in [0.717, 1.165) is 32.8 Å². The van der Waals surface area contributed by atoms with Gasteiger partial charge in [0.15, 0.2) is 0 Å². The molecule has 0 atom stereocenters. The Morgan fingerprint density at radius 3 is 1.51 bits per heavy atom. The fourth-order valence-corrected chi connectivity index (χ4v) is 9.68. The van der Waals surface area contributed by atoms with Crippen LogP contribution < -0.4 is 0 Å². The minimum Gasteiger partial charge on any atom is -0.0544 e. The molecule has 4 heteroatoms. The van der Waals surface area contributed by atoms with Crippen LogP contribution in [0.3, 0.4) is 0 Å². The minimum atomic E-state index is 0.250. The number of hydrogen-bond donors (Lipinski definition) is 0. The van der Waals surface area contributed by atoms with Gasteiger partial charge in [-0.05, 0) is 10.8 Å². The van der Waals surface area contributed by atoms with E-state index in [0.29, 0.717) is 17.5 Å². The molecule has 10 aromatic rings. The average Bonchev–Trinajstić information content (AvgIpc) is 3.56. The molecule has 0 unspecified atom stereocenters. The van der Waals surface area contributed by atoms with E-state index in [9.17, 15) is 0 Å². The van der Waals surface area contributed by atoms with E-state index in [2.05, 4.69) is 164 Å². The van der Waals surface area contributed by atoms with Crippen molar-refractivity contribution >= 4 is 66.1 Å². The van der Waals surface area contributed by atoms with Gasteiger partial charge in [-0.3, -0.25) is 0 Å². The molecular weight excluding hydrogens is 661 g/mol. The molecule has 228 valence electrons. The first-order valence-corrected chi connectivity index (χ1v) is 18.2. The summed E-state index contributed by atoms with van der Waals surface area (Å²) in [7, 11) is 0. The Bertz CT molecular complexity index is 2810. The van der Waals surface area contributed by atoms with Gasteiger partial charge in [0.05, 0.1) is 0 Å². The second-order valence-electron chi connectivity index (χ2n) is 12.4. The van der Waals surface area contributed by atoms with Crippen molar-refractivity contribution < 1.29 is 0 Å². The molecule has 10 rings (SSSR count). The molecule has 3 nitrogen and oxygen atoms in total. The Labute approximate surface area is 288 Å². The van der Waals surface area contributed by atoms with E-state index in [1.165, 1.54) is 46.6 Å². The van der Waals surface area contributed by atoms with Gasteiger partial charge in [0, 0.05) is 0 Å². The minimum absolute atomic E-state index is 0.250. The van der Waals surface area contributed by atoms with Crippen LogP contribution in [-0.4, -0.2) is 29.5 Å². The van der Waals surface area contributed by atoms with Crippen LogP contribution in [0.1, 0.15) is 0 Å². The standard InChI is InChI=1S/C45H27N3Se/c1-3-12-30-26-32(22-20-28(30)10-1)43-46-44(33-23-21-29-11-2-4-13-31(29)27-33)48-45(47-43)40-25-24-36(34-14-5-6-15-35(34)40)38-17-9-18-39-37-16-7-8-19-41(37)49-42(38)39/h1-27H. The molecule has 2 heterocycles. The Morgan fingerprint density at radius 1 is 0.327 bits per heavy atom. The third kappa shape index (κ3) is 4.76. The van der Waals surface area contributed by atoms with Crippen molar-refractivity contribution in [1.82, 2.24) is 15.0 Å². The van der Waals surface area contributed by atoms with E-state index < -0.39 is 0 Å². The Kier molecular flexibility index (Phi) is 6.51. The Balaban J connectivity index is 1.20. The molecule has 0 spiro atoms. The predicted octanol–water partition coefficient (Wildman–Crippen LogP) is 11.4. The quantitative estimate of drug-likeness (QED) is 0.173. The molecule has 0 saturated carbocycles. The SMILES string of the molecule is c1ccc2cc(-c3nc(-c4ccc5ccccc5c4)nc(-c4ccc(-c5cccc6c5[se]c5ccccc56)c5ccccc45)n3)ccc2c1. The molecular formula is C45H27N3Se. The van der Waals surface area contributed by atoms with Gasteiger partial charge in [-0.1, -0.05) is 48.5 Å². The zero-order chi connectivity index (χ0) is 32.3. The summed E-state index contributed by atoms with van der Waals surface area (Å²) >= 11 is 0.250. The van der Waals surface area contributed by atoms with Crippen LogP contribution >= 0.6 is 0 Å². The van der Waals surface area contributed by atoms with Crippen LogP contribution in [-0.2, 0) is 0 Å². The summed E-state index contributed by atoms with van der Waals surface area (Å²) in [5, 5.41) is 9.74. The van der Waals surface area contributed by atoms with E-state index in [-0.39, 0.29) is 14.5 Å². The van der Waals surface area contributed by atoms with Gasteiger partial charge in [-0.25, -0.2) is 0 Å². The van der Waals surface area contributed by atoms with E-state index >= 15 is 0 Å². The zero-order valence-corrected chi connectivity index (χ0v) is 28.1. The third-order valence-corrected chi connectivity index (χ3v) is 12.1. The Hall–Kier alpha value is -5.93. The van der Waals surface area contributed by atoms with Gasteiger partial charge in [0.25, 0.3) is 0 Å². The van der Waals surface area contributed by atoms with Gasteiger partial charge < -0.3 is 0 Å². The average molecular weight is 689 g/mol. The number of fused-ring (bicyclic) bond motifs is 6. The maximum absolute atomic E-state index is 5.19. The first kappa shape index (κ1) is 28.1. The summed E-state index contributed by atoms with van der Waals surface area (Å²) in [6.45, 7) is 0. The number of nitrogens with zero attached hydrogens (tertiary/aromatic N) is 3. The molecule has 0 bridgehead atoms. The van der Waals surface area contributed by atoms with E-state index in [4.69, 9.17) is 15.0 Å².